The van der Waals surface area contributed by atoms with Gasteiger partial charge in [0.1, 0.15) is 11.6 Å². The minimum atomic E-state index is -4.79. The summed E-state index contributed by atoms with van der Waals surface area (Å²) in [6.45, 7) is 5.87. The number of carbonyl (C=O) groups excluding carboxylic acids is 1. The molecule has 1 fully saturated rings. The molecule has 204 valence electrons. The molecule has 38 heavy (non-hydrogen) atoms. The summed E-state index contributed by atoms with van der Waals surface area (Å²) in [5.74, 6) is -0.0151. The number of nitrogens with zero attached hydrogens (tertiary/aromatic N) is 2. The van der Waals surface area contributed by atoms with Gasteiger partial charge in [-0.15, -0.1) is 13.2 Å². The fraction of sp³-hybridized carbons (Fsp3) is 0.448. The maximum Gasteiger partial charge on any atom is 0.573 e. The van der Waals surface area contributed by atoms with Crippen LogP contribution >= 0.6 is 15.9 Å². The third-order valence-corrected chi connectivity index (χ3v) is 7.52. The quantitative estimate of drug-likeness (QED) is 0.289. The number of aromatic nitrogens is 1. The van der Waals surface area contributed by atoms with Crippen LogP contribution in [0.1, 0.15) is 72.9 Å². The summed E-state index contributed by atoms with van der Waals surface area (Å²) in [6, 6.07) is 11.9. The maximum absolute atomic E-state index is 13.8. The maximum atomic E-state index is 13.8. The highest BCUT2D eigenvalue weighted by Crippen LogP contribution is 2.34. The number of fused-ring (bicyclic) bond motifs is 1. The fourth-order valence-electron chi connectivity index (χ4n) is 5.26. The van der Waals surface area contributed by atoms with Crippen molar-refractivity contribution in [1.29, 1.82) is 0 Å². The van der Waals surface area contributed by atoms with Crippen LogP contribution in [0.15, 0.2) is 46.9 Å². The number of rotatable bonds is 8. The van der Waals surface area contributed by atoms with E-state index in [2.05, 4.69) is 30.9 Å². The second-order valence-corrected chi connectivity index (χ2v) is 10.7. The molecule has 9 heteroatoms. The van der Waals surface area contributed by atoms with Crippen LogP contribution in [0.25, 0.3) is 10.9 Å². The summed E-state index contributed by atoms with van der Waals surface area (Å²) in [6.07, 6.45) is 1.07. The van der Waals surface area contributed by atoms with E-state index in [1.165, 1.54) is 25.0 Å². The Bertz CT molecular complexity index is 1270. The summed E-state index contributed by atoms with van der Waals surface area (Å²) in [5, 5.41) is 3.77. The van der Waals surface area contributed by atoms with E-state index in [-0.39, 0.29) is 24.1 Å². The van der Waals surface area contributed by atoms with Gasteiger partial charge in [0.05, 0.1) is 11.1 Å². The lowest BCUT2D eigenvalue weighted by Crippen LogP contribution is -2.31. The Morgan fingerprint density at radius 1 is 1.13 bits per heavy atom. The van der Waals surface area contributed by atoms with Crippen LogP contribution in [0, 0.1) is 6.92 Å². The van der Waals surface area contributed by atoms with Gasteiger partial charge in [0.25, 0.3) is 5.91 Å². The molecule has 0 bridgehead atoms. The van der Waals surface area contributed by atoms with Crippen LogP contribution in [0.2, 0.25) is 0 Å². The molecule has 1 aliphatic rings. The van der Waals surface area contributed by atoms with Gasteiger partial charge < -0.3 is 15.0 Å². The molecule has 1 amide bonds. The highest BCUT2D eigenvalue weighted by atomic mass is 79.9. The number of carbonyl (C=O) groups is 1. The molecule has 0 saturated carbocycles. The summed E-state index contributed by atoms with van der Waals surface area (Å²) in [7, 11) is 0. The lowest BCUT2D eigenvalue weighted by molar-refractivity contribution is -0.275. The summed E-state index contributed by atoms with van der Waals surface area (Å²) >= 11 is 3.52. The highest BCUT2D eigenvalue weighted by Gasteiger charge is 2.33. The molecule has 2 heterocycles. The number of ether oxygens (including phenoxy) is 1. The molecule has 5 nitrogen and oxygen atoms in total. The Morgan fingerprint density at radius 2 is 1.84 bits per heavy atom. The van der Waals surface area contributed by atoms with Crippen molar-refractivity contribution < 1.29 is 22.7 Å². The molecule has 1 aliphatic heterocycles. The van der Waals surface area contributed by atoms with E-state index in [0.29, 0.717) is 17.5 Å². The van der Waals surface area contributed by atoms with Gasteiger partial charge in [-0.05, 0) is 56.0 Å². The number of amides is 1. The van der Waals surface area contributed by atoms with Crippen molar-refractivity contribution in [3.05, 3.63) is 63.6 Å². The number of hydrogen-bond donors (Lipinski definition) is 1. The van der Waals surface area contributed by atoms with Gasteiger partial charge in [0.2, 0.25) is 0 Å². The zero-order valence-electron chi connectivity index (χ0n) is 21.7. The second kappa shape index (κ2) is 12.4. The Morgan fingerprint density at radius 3 is 2.53 bits per heavy atom. The zero-order valence-corrected chi connectivity index (χ0v) is 23.3. The van der Waals surface area contributed by atoms with Crippen molar-refractivity contribution in [3.63, 3.8) is 0 Å². The van der Waals surface area contributed by atoms with Gasteiger partial charge in [0.15, 0.2) is 0 Å². The Hall–Kier alpha value is -2.81. The Labute approximate surface area is 229 Å². The molecule has 0 aliphatic carbocycles. The molecule has 1 atom stereocenters. The first kappa shape index (κ1) is 28.2. The van der Waals surface area contributed by atoms with Gasteiger partial charge in [-0.25, -0.2) is 4.98 Å². The van der Waals surface area contributed by atoms with Crippen LogP contribution in [0.4, 0.5) is 19.0 Å². The van der Waals surface area contributed by atoms with Crippen molar-refractivity contribution in [2.75, 3.05) is 24.5 Å². The van der Waals surface area contributed by atoms with Crippen LogP contribution < -0.4 is 15.0 Å². The number of hydrogen-bond acceptors (Lipinski definition) is 4. The fourth-order valence-corrected chi connectivity index (χ4v) is 5.62. The number of para-hydroxylation sites is 1. The molecular formula is C29H33BrF3N3O2. The van der Waals surface area contributed by atoms with E-state index >= 15 is 0 Å². The highest BCUT2D eigenvalue weighted by molar-refractivity contribution is 9.10. The van der Waals surface area contributed by atoms with Crippen LogP contribution in [-0.4, -0.2) is 36.9 Å². The number of halogens is 4. The molecule has 1 aromatic heterocycles. The van der Waals surface area contributed by atoms with Crippen molar-refractivity contribution in [2.45, 2.75) is 64.7 Å². The minimum absolute atomic E-state index is 0.182. The van der Waals surface area contributed by atoms with Crippen LogP contribution in [-0.2, 0) is 0 Å². The average Bonchev–Trinajstić information content (AvgIpc) is 3.15. The van der Waals surface area contributed by atoms with Gasteiger partial charge in [-0.2, -0.15) is 0 Å². The van der Waals surface area contributed by atoms with Crippen molar-refractivity contribution in [2.24, 2.45) is 0 Å². The molecule has 0 spiro atoms. The normalized spacial score (nSPS) is 15.3. The lowest BCUT2D eigenvalue weighted by Gasteiger charge is -2.26. The summed E-state index contributed by atoms with van der Waals surface area (Å²) < 4.78 is 44.3. The number of anilines is 1. The van der Waals surface area contributed by atoms with E-state index in [0.717, 1.165) is 59.1 Å². The van der Waals surface area contributed by atoms with Gasteiger partial charge in [0, 0.05) is 41.0 Å². The molecule has 2 aromatic carbocycles. The lowest BCUT2D eigenvalue weighted by atomic mass is 9.93. The van der Waals surface area contributed by atoms with Gasteiger partial charge >= 0.3 is 6.36 Å². The molecule has 0 radical (unpaired) electrons. The summed E-state index contributed by atoms with van der Waals surface area (Å²) in [5.41, 5.74) is 2.52. The third-order valence-electron chi connectivity index (χ3n) is 7.03. The first-order valence-corrected chi connectivity index (χ1v) is 13.9. The zero-order chi connectivity index (χ0) is 27.3. The Balaban J connectivity index is 1.67. The van der Waals surface area contributed by atoms with E-state index in [9.17, 15) is 18.0 Å². The first-order valence-electron chi connectivity index (χ1n) is 13.2. The number of nitrogens with one attached hydrogen (secondary N) is 1. The van der Waals surface area contributed by atoms with Crippen molar-refractivity contribution in [3.8, 4) is 5.75 Å². The smallest absolute Gasteiger partial charge is 0.405 e. The minimum Gasteiger partial charge on any atom is -0.405 e. The SMILES string of the molecule is CCCC(CNC(=O)c1c(C)c(N2CCCCCC2)nc2ccc(Br)cc12)c1ccccc1OC(F)(F)F. The van der Waals surface area contributed by atoms with E-state index < -0.39 is 6.36 Å². The van der Waals surface area contributed by atoms with E-state index in [1.807, 2.05) is 32.0 Å². The Kier molecular flexibility index (Phi) is 9.18. The third kappa shape index (κ3) is 6.79. The largest absolute Gasteiger partial charge is 0.573 e. The van der Waals surface area contributed by atoms with Gasteiger partial charge in [-0.3, -0.25) is 4.79 Å². The van der Waals surface area contributed by atoms with Crippen LogP contribution in [0.3, 0.4) is 0 Å². The number of pyridine rings is 1. The molecular weight excluding hydrogens is 559 g/mol. The molecule has 4 rings (SSSR count). The van der Waals surface area contributed by atoms with E-state index in [1.54, 1.807) is 12.1 Å². The molecule has 3 aromatic rings. The van der Waals surface area contributed by atoms with Crippen molar-refractivity contribution >= 4 is 38.6 Å². The van der Waals surface area contributed by atoms with Crippen LogP contribution in [0.5, 0.6) is 5.75 Å². The molecule has 1 unspecified atom stereocenters. The second-order valence-electron chi connectivity index (χ2n) is 9.78. The van der Waals surface area contributed by atoms with E-state index in [4.69, 9.17) is 4.98 Å². The first-order chi connectivity index (χ1) is 18.2. The van der Waals surface area contributed by atoms with Crippen molar-refractivity contribution in [1.82, 2.24) is 10.3 Å². The van der Waals surface area contributed by atoms with Gasteiger partial charge in [-0.1, -0.05) is 60.3 Å². The number of benzene rings is 2. The molecule has 1 saturated heterocycles. The summed E-state index contributed by atoms with van der Waals surface area (Å²) in [4.78, 5) is 21.0. The predicted molar refractivity (Wildman–Crippen MR) is 148 cm³/mol. The standard InChI is InChI=1S/C29H33BrF3N3O2/c1-3-10-20(22-11-6-7-12-25(22)38-29(31,32)33)18-34-28(37)26-19(2)27(36-15-8-4-5-9-16-36)35-24-14-13-21(30)17-23(24)26/h6-7,11-14,17,20H,3-5,8-10,15-16,18H2,1-2H3,(H,34,37). The predicted octanol–water partition coefficient (Wildman–Crippen LogP) is 7.90. The number of alkyl halides is 3. The average molecular weight is 593 g/mol. The topological polar surface area (TPSA) is 54.5 Å². The monoisotopic (exact) mass is 591 g/mol. The molecule has 1 N–H and O–H groups in total.